The predicted molar refractivity (Wildman–Crippen MR) is 158 cm³/mol. The smallest absolute Gasteiger partial charge is 0.267 e. The summed E-state index contributed by atoms with van der Waals surface area (Å²) in [4.78, 5) is 23.3. The molecule has 2 N–H and O–H groups in total. The lowest BCUT2D eigenvalue weighted by molar-refractivity contribution is -0.0592. The molecule has 2 saturated heterocycles. The third-order valence-corrected chi connectivity index (χ3v) is 8.81. The second-order valence-electron chi connectivity index (χ2n) is 11.2. The molecule has 0 spiro atoms. The fraction of sp³-hybridized carbons (Fsp3) is 0.344. The van der Waals surface area contributed by atoms with Gasteiger partial charge in [-0.1, -0.05) is 41.9 Å². The van der Waals surface area contributed by atoms with Gasteiger partial charge in [0.1, 0.15) is 29.2 Å². The zero-order valence-electron chi connectivity index (χ0n) is 23.0. The number of nitrogens with two attached hydrogens (primary N) is 1. The van der Waals surface area contributed by atoms with E-state index >= 15 is 0 Å². The molecule has 0 saturated carbocycles. The van der Waals surface area contributed by atoms with Crippen molar-refractivity contribution in [1.82, 2.24) is 19.4 Å². The maximum atomic E-state index is 14.7. The minimum atomic E-state index is -0.565. The Bertz CT molecular complexity index is 1690. The Morgan fingerprint density at radius 2 is 1.95 bits per heavy atom. The van der Waals surface area contributed by atoms with E-state index in [2.05, 4.69) is 26.6 Å². The molecular formula is C32H31ClFN5O3. The van der Waals surface area contributed by atoms with Gasteiger partial charge in [0.25, 0.3) is 5.91 Å². The number of ether oxygens (including phenoxy) is 2. The molecule has 0 radical (unpaired) electrons. The first-order valence-corrected chi connectivity index (χ1v) is 14.7. The molecule has 2 fully saturated rings. The second-order valence-corrected chi connectivity index (χ2v) is 11.7. The standard InChI is InChI=1S/C32H31ClFN5O3/c33-21-5-6-24(25(34)14-21)29-7-4-20-2-1-3-23(31(20)42-29)19-8-11-38(12-9-19)18-30-37-26-15-27(32(35)40)36-16-28(26)39(30)17-22-10-13-41-22/h1-7,14-16,19,22,29H,8-13,17-18H2,(H2,35,40). The number of halogens is 2. The van der Waals surface area contributed by atoms with Crippen molar-refractivity contribution in [2.45, 2.75) is 50.5 Å². The lowest BCUT2D eigenvalue weighted by Gasteiger charge is -2.34. The van der Waals surface area contributed by atoms with Crippen molar-refractivity contribution in [2.24, 2.45) is 5.73 Å². The molecule has 3 aliphatic rings. The summed E-state index contributed by atoms with van der Waals surface area (Å²) < 4.78 is 29.0. The molecule has 5 heterocycles. The number of fused-ring (bicyclic) bond motifs is 2. The van der Waals surface area contributed by atoms with Gasteiger partial charge in [-0.15, -0.1) is 0 Å². The normalized spacial score (nSPS) is 20.7. The summed E-state index contributed by atoms with van der Waals surface area (Å²) in [5.74, 6) is 1.15. The molecule has 0 bridgehead atoms. The number of primary amides is 1. The number of nitrogens with zero attached hydrogens (tertiary/aromatic N) is 4. The van der Waals surface area contributed by atoms with Crippen molar-refractivity contribution < 1.29 is 18.7 Å². The molecule has 42 heavy (non-hydrogen) atoms. The zero-order valence-corrected chi connectivity index (χ0v) is 23.8. The van der Waals surface area contributed by atoms with Gasteiger partial charge in [-0.05, 0) is 68.1 Å². The van der Waals surface area contributed by atoms with Crippen molar-refractivity contribution in [1.29, 1.82) is 0 Å². The molecule has 2 atom stereocenters. The van der Waals surface area contributed by atoms with E-state index in [9.17, 15) is 9.18 Å². The molecule has 1 amide bonds. The number of hydrogen-bond acceptors (Lipinski definition) is 6. The molecule has 3 aliphatic heterocycles. The first-order valence-electron chi connectivity index (χ1n) is 14.3. The molecule has 2 aromatic heterocycles. The number of carbonyl (C=O) groups is 1. The average molecular weight is 588 g/mol. The third-order valence-electron chi connectivity index (χ3n) is 8.58. The summed E-state index contributed by atoms with van der Waals surface area (Å²) in [6, 6.07) is 12.6. The largest absolute Gasteiger partial charge is 0.481 e. The summed E-state index contributed by atoms with van der Waals surface area (Å²) in [5.41, 5.74) is 9.92. The van der Waals surface area contributed by atoms with Crippen molar-refractivity contribution in [3.05, 3.63) is 93.8 Å². The van der Waals surface area contributed by atoms with E-state index in [1.165, 1.54) is 6.07 Å². The number of likely N-dealkylation sites (tertiary alicyclic amines) is 1. The maximum absolute atomic E-state index is 14.7. The monoisotopic (exact) mass is 587 g/mol. The highest BCUT2D eigenvalue weighted by Crippen LogP contribution is 2.42. The number of aromatic nitrogens is 3. The Balaban J connectivity index is 1.08. The van der Waals surface area contributed by atoms with Crippen LogP contribution in [0.2, 0.25) is 5.02 Å². The molecule has 4 aromatic rings. The molecule has 2 unspecified atom stereocenters. The Morgan fingerprint density at radius 3 is 2.69 bits per heavy atom. The van der Waals surface area contributed by atoms with Gasteiger partial charge in [-0.2, -0.15) is 0 Å². The molecule has 0 aliphatic carbocycles. The van der Waals surface area contributed by atoms with Gasteiger partial charge < -0.3 is 19.8 Å². The SMILES string of the molecule is NC(=O)c1cc2nc(CN3CCC(c4cccc5c4OC(c4ccc(Cl)cc4F)C=C5)CC3)n(CC3CCO3)c2cn1. The van der Waals surface area contributed by atoms with Crippen molar-refractivity contribution >= 4 is 34.6 Å². The highest BCUT2D eigenvalue weighted by atomic mass is 35.5. The van der Waals surface area contributed by atoms with Crippen LogP contribution in [-0.4, -0.2) is 51.1 Å². The number of pyridine rings is 1. The van der Waals surface area contributed by atoms with Gasteiger partial charge in [0, 0.05) is 22.8 Å². The summed E-state index contributed by atoms with van der Waals surface area (Å²) in [6.45, 7) is 3.96. The first-order chi connectivity index (χ1) is 20.4. The van der Waals surface area contributed by atoms with E-state index in [0.717, 1.165) is 72.7 Å². The fourth-order valence-corrected chi connectivity index (χ4v) is 6.34. The van der Waals surface area contributed by atoms with Gasteiger partial charge in [-0.25, -0.2) is 14.4 Å². The van der Waals surface area contributed by atoms with E-state index in [1.807, 2.05) is 18.2 Å². The number of benzene rings is 2. The number of para-hydroxylation sites is 1. The molecule has 10 heteroatoms. The number of rotatable bonds is 7. The molecular weight excluding hydrogens is 557 g/mol. The Labute approximate surface area is 247 Å². The van der Waals surface area contributed by atoms with Crippen molar-refractivity contribution in [2.75, 3.05) is 19.7 Å². The van der Waals surface area contributed by atoms with Crippen LogP contribution in [0.1, 0.15) is 64.3 Å². The van der Waals surface area contributed by atoms with Crippen LogP contribution in [0.4, 0.5) is 4.39 Å². The molecule has 8 nitrogen and oxygen atoms in total. The average Bonchev–Trinajstić information content (AvgIpc) is 3.30. The minimum absolute atomic E-state index is 0.159. The van der Waals surface area contributed by atoms with Gasteiger partial charge in [-0.3, -0.25) is 9.69 Å². The van der Waals surface area contributed by atoms with E-state index in [1.54, 1.807) is 24.4 Å². The Hall–Kier alpha value is -3.79. The molecule has 7 rings (SSSR count). The summed E-state index contributed by atoms with van der Waals surface area (Å²) in [6.07, 6.45) is 8.19. The summed E-state index contributed by atoms with van der Waals surface area (Å²) >= 11 is 5.97. The van der Waals surface area contributed by atoms with Crippen LogP contribution in [0.3, 0.4) is 0 Å². The van der Waals surface area contributed by atoms with Gasteiger partial charge in [0.05, 0.1) is 36.4 Å². The van der Waals surface area contributed by atoms with Crippen LogP contribution < -0.4 is 10.5 Å². The molecule has 2 aromatic carbocycles. The Morgan fingerprint density at radius 1 is 1.12 bits per heavy atom. The first kappa shape index (κ1) is 27.1. The van der Waals surface area contributed by atoms with Crippen LogP contribution in [-0.2, 0) is 17.8 Å². The van der Waals surface area contributed by atoms with Crippen LogP contribution >= 0.6 is 11.6 Å². The van der Waals surface area contributed by atoms with Crippen LogP contribution in [0.25, 0.3) is 17.1 Å². The summed E-state index contributed by atoms with van der Waals surface area (Å²) in [5, 5.41) is 0.364. The van der Waals surface area contributed by atoms with Gasteiger partial charge >= 0.3 is 0 Å². The third kappa shape index (κ3) is 5.17. The lowest BCUT2D eigenvalue weighted by atomic mass is 9.87. The maximum Gasteiger partial charge on any atom is 0.267 e. The fourth-order valence-electron chi connectivity index (χ4n) is 6.19. The van der Waals surface area contributed by atoms with Crippen LogP contribution in [0.5, 0.6) is 5.75 Å². The highest BCUT2D eigenvalue weighted by molar-refractivity contribution is 6.30. The number of imidazole rings is 1. The zero-order chi connectivity index (χ0) is 28.8. The van der Waals surface area contributed by atoms with Crippen molar-refractivity contribution in [3.63, 3.8) is 0 Å². The van der Waals surface area contributed by atoms with E-state index < -0.39 is 12.0 Å². The van der Waals surface area contributed by atoms with Crippen molar-refractivity contribution in [3.8, 4) is 5.75 Å². The second kappa shape index (κ2) is 11.1. The van der Waals surface area contributed by atoms with E-state index in [-0.39, 0.29) is 17.6 Å². The van der Waals surface area contributed by atoms with Gasteiger partial charge in [0.2, 0.25) is 0 Å². The number of hydrogen-bond donors (Lipinski definition) is 1. The lowest BCUT2D eigenvalue weighted by Crippen LogP contribution is -2.35. The van der Waals surface area contributed by atoms with E-state index in [0.29, 0.717) is 29.6 Å². The highest BCUT2D eigenvalue weighted by Gasteiger charge is 2.29. The number of amides is 1. The van der Waals surface area contributed by atoms with Crippen LogP contribution in [0, 0.1) is 5.82 Å². The predicted octanol–water partition coefficient (Wildman–Crippen LogP) is 5.64. The Kier molecular flexibility index (Phi) is 7.17. The number of carbonyl (C=O) groups excluding carboxylic acids is 1. The quantitative estimate of drug-likeness (QED) is 0.301. The minimum Gasteiger partial charge on any atom is -0.481 e. The number of piperidine rings is 1. The van der Waals surface area contributed by atoms with E-state index in [4.69, 9.17) is 31.8 Å². The summed E-state index contributed by atoms with van der Waals surface area (Å²) in [7, 11) is 0. The van der Waals surface area contributed by atoms with Gasteiger partial charge in [0.15, 0.2) is 0 Å². The van der Waals surface area contributed by atoms with Crippen LogP contribution in [0.15, 0.2) is 54.7 Å². The molecule has 216 valence electrons. The topological polar surface area (TPSA) is 95.5 Å².